The molecule has 0 rings (SSSR count). The summed E-state index contributed by atoms with van der Waals surface area (Å²) in [6.45, 7) is -0.0255. The van der Waals surface area contributed by atoms with Crippen LogP contribution >= 0.6 is 0 Å². The van der Waals surface area contributed by atoms with Gasteiger partial charge in [0.25, 0.3) is 0 Å². The zero-order chi connectivity index (χ0) is 7.00. The summed E-state index contributed by atoms with van der Waals surface area (Å²) in [5, 5.41) is -4.26. The van der Waals surface area contributed by atoms with Crippen molar-refractivity contribution < 1.29 is 21.1 Å². The van der Waals surface area contributed by atoms with Crippen LogP contribution in [-0.4, -0.2) is 13.7 Å². The minimum absolute atomic E-state index is 0.0255. The maximum Gasteiger partial charge on any atom is 0.371 e. The fourth-order valence-corrected chi connectivity index (χ4v) is 0. The highest BCUT2D eigenvalue weighted by molar-refractivity contribution is 7.87. The molecule has 0 radical (unpaired) electrons. The number of hydrogen-bond acceptors (Lipinski definition) is 2. The van der Waals surface area contributed by atoms with Gasteiger partial charge >= 0.3 is 15.5 Å². The molecule has 0 aliphatic rings. The lowest BCUT2D eigenvalue weighted by atomic mass is 10.9. The third-order valence-corrected chi connectivity index (χ3v) is 1.28. The number of rotatable bonds is 1. The van der Waals surface area contributed by atoms with E-state index in [9.17, 15) is 21.1 Å². The normalized spacial score (nSPS) is 14.0. The van der Waals surface area contributed by atoms with Crippen molar-refractivity contribution >= 4 is 10.2 Å². The lowest BCUT2D eigenvalue weighted by Gasteiger charge is -2.00. The fourth-order valence-electron chi connectivity index (χ4n) is 0. The van der Waals surface area contributed by atoms with Gasteiger partial charge in [-0.3, -0.25) is 0 Å². The third kappa shape index (κ3) is 1.69. The van der Waals surface area contributed by atoms with E-state index in [2.05, 4.69) is 0 Å². The van der Waals surface area contributed by atoms with Gasteiger partial charge in [-0.1, -0.05) is 3.89 Å². The number of alkyl halides is 2. The first kappa shape index (κ1) is 7.74. The van der Waals surface area contributed by atoms with Crippen molar-refractivity contribution in [2.45, 2.75) is 12.2 Å². The van der Waals surface area contributed by atoms with E-state index in [1.807, 2.05) is 0 Å². The standard InChI is InChI=1S/C2H3F3O2S/c1-2(3,4)8(5,6)7/h1H3. The van der Waals surface area contributed by atoms with Gasteiger partial charge in [0.1, 0.15) is 0 Å². The van der Waals surface area contributed by atoms with Crippen molar-refractivity contribution in [2.24, 2.45) is 0 Å². The Kier molecular flexibility index (Phi) is 1.56. The van der Waals surface area contributed by atoms with Crippen LogP contribution < -0.4 is 0 Å². The number of halogens is 3. The Morgan fingerprint density at radius 1 is 1.38 bits per heavy atom. The quantitative estimate of drug-likeness (QED) is 0.517. The van der Waals surface area contributed by atoms with E-state index in [0.29, 0.717) is 0 Å². The van der Waals surface area contributed by atoms with Crippen molar-refractivity contribution in [1.82, 2.24) is 0 Å². The van der Waals surface area contributed by atoms with E-state index in [4.69, 9.17) is 0 Å². The predicted octanol–water partition coefficient (Wildman–Crippen LogP) is 0.898. The molecule has 0 fully saturated rings. The van der Waals surface area contributed by atoms with Gasteiger partial charge < -0.3 is 0 Å². The molecule has 0 saturated carbocycles. The van der Waals surface area contributed by atoms with Gasteiger partial charge in [-0.2, -0.15) is 17.2 Å². The summed E-state index contributed by atoms with van der Waals surface area (Å²) in [6, 6.07) is 0. The zero-order valence-corrected chi connectivity index (χ0v) is 4.68. The van der Waals surface area contributed by atoms with Crippen LogP contribution in [-0.2, 0) is 10.2 Å². The first-order chi connectivity index (χ1) is 3.25. The molecule has 2 nitrogen and oxygen atoms in total. The van der Waals surface area contributed by atoms with E-state index in [1.165, 1.54) is 0 Å². The molecule has 8 heavy (non-hydrogen) atoms. The summed E-state index contributed by atoms with van der Waals surface area (Å²) in [5.74, 6) is 0. The fraction of sp³-hybridized carbons (Fsp3) is 1.00. The summed E-state index contributed by atoms with van der Waals surface area (Å²) >= 11 is 0. The Balaban J connectivity index is 4.53. The van der Waals surface area contributed by atoms with Crippen LogP contribution in [0.25, 0.3) is 0 Å². The van der Waals surface area contributed by atoms with Gasteiger partial charge in [0.05, 0.1) is 0 Å². The monoisotopic (exact) mass is 148 g/mol. The minimum atomic E-state index is -5.67. The van der Waals surface area contributed by atoms with Gasteiger partial charge in [0.2, 0.25) is 0 Å². The van der Waals surface area contributed by atoms with Crippen LogP contribution in [0, 0.1) is 0 Å². The highest BCUT2D eigenvalue weighted by Gasteiger charge is 2.39. The van der Waals surface area contributed by atoms with Crippen molar-refractivity contribution in [3.8, 4) is 0 Å². The molecule has 0 aliphatic heterocycles. The summed E-state index contributed by atoms with van der Waals surface area (Å²) in [7, 11) is -5.67. The van der Waals surface area contributed by atoms with Crippen LogP contribution in [0.4, 0.5) is 12.7 Å². The zero-order valence-electron chi connectivity index (χ0n) is 3.86. The summed E-state index contributed by atoms with van der Waals surface area (Å²) < 4.78 is 52.1. The van der Waals surface area contributed by atoms with E-state index in [0.717, 1.165) is 0 Å². The summed E-state index contributed by atoms with van der Waals surface area (Å²) in [6.07, 6.45) is 0. The van der Waals surface area contributed by atoms with Crippen LogP contribution in [0.3, 0.4) is 0 Å². The molecule has 0 unspecified atom stereocenters. The van der Waals surface area contributed by atoms with E-state index in [-0.39, 0.29) is 6.92 Å². The Morgan fingerprint density at radius 2 is 1.50 bits per heavy atom. The Labute approximate surface area is 44.5 Å². The van der Waals surface area contributed by atoms with Crippen molar-refractivity contribution in [3.63, 3.8) is 0 Å². The maximum absolute atomic E-state index is 11.3. The van der Waals surface area contributed by atoms with E-state index < -0.39 is 15.5 Å². The van der Waals surface area contributed by atoms with E-state index in [1.54, 1.807) is 0 Å². The largest absolute Gasteiger partial charge is 0.371 e. The molecule has 0 atom stereocenters. The van der Waals surface area contributed by atoms with Crippen LogP contribution in [0.15, 0.2) is 0 Å². The molecule has 0 amide bonds. The molecule has 0 aromatic heterocycles. The maximum atomic E-state index is 11.3. The Bertz CT molecular complexity index is 164. The topological polar surface area (TPSA) is 34.1 Å². The van der Waals surface area contributed by atoms with Gasteiger partial charge in [0.15, 0.2) is 0 Å². The molecule has 0 aromatic carbocycles. The average Bonchev–Trinajstić information content (AvgIpc) is 1.25. The molecular weight excluding hydrogens is 145 g/mol. The highest BCUT2D eigenvalue weighted by atomic mass is 32.3. The Hall–Kier alpha value is -0.260. The second kappa shape index (κ2) is 1.61. The average molecular weight is 148 g/mol. The predicted molar refractivity (Wildman–Crippen MR) is 20.6 cm³/mol. The van der Waals surface area contributed by atoms with E-state index >= 15 is 0 Å². The van der Waals surface area contributed by atoms with Crippen LogP contribution in [0.1, 0.15) is 6.92 Å². The summed E-state index contributed by atoms with van der Waals surface area (Å²) in [5.41, 5.74) is 0. The third-order valence-electron chi connectivity index (χ3n) is 0.428. The molecule has 0 N–H and O–H groups in total. The van der Waals surface area contributed by atoms with Crippen LogP contribution in [0.5, 0.6) is 0 Å². The summed E-state index contributed by atoms with van der Waals surface area (Å²) in [4.78, 5) is 0. The molecule has 0 aromatic rings. The molecule has 0 saturated heterocycles. The van der Waals surface area contributed by atoms with Crippen molar-refractivity contribution in [1.29, 1.82) is 0 Å². The molecule has 50 valence electrons. The molecular formula is C2H3F3O2S. The van der Waals surface area contributed by atoms with Crippen molar-refractivity contribution in [3.05, 3.63) is 0 Å². The van der Waals surface area contributed by atoms with Crippen LogP contribution in [0.2, 0.25) is 0 Å². The SMILES string of the molecule is CC(F)(F)S(=O)(=O)F. The molecule has 0 heterocycles. The Morgan fingerprint density at radius 3 is 1.50 bits per heavy atom. The molecule has 6 heteroatoms. The number of hydrogen-bond donors (Lipinski definition) is 0. The minimum Gasteiger partial charge on any atom is -0.188 e. The highest BCUT2D eigenvalue weighted by Crippen LogP contribution is 2.21. The first-order valence-corrected chi connectivity index (χ1v) is 2.95. The second-order valence-corrected chi connectivity index (χ2v) is 2.84. The van der Waals surface area contributed by atoms with Gasteiger partial charge in [-0.25, -0.2) is 0 Å². The molecule has 0 spiro atoms. The lowest BCUT2D eigenvalue weighted by Crippen LogP contribution is -2.19. The van der Waals surface area contributed by atoms with Gasteiger partial charge in [-0.15, -0.1) is 0 Å². The molecule has 0 aliphatic carbocycles. The second-order valence-electron chi connectivity index (χ2n) is 1.25. The molecule has 0 bridgehead atoms. The smallest absolute Gasteiger partial charge is 0.188 e. The van der Waals surface area contributed by atoms with Gasteiger partial charge in [-0.05, 0) is 0 Å². The lowest BCUT2D eigenvalue weighted by molar-refractivity contribution is 0.108. The van der Waals surface area contributed by atoms with Gasteiger partial charge in [0, 0.05) is 6.92 Å². The first-order valence-electron chi connectivity index (χ1n) is 1.57. The van der Waals surface area contributed by atoms with Crippen molar-refractivity contribution in [2.75, 3.05) is 0 Å².